The Morgan fingerprint density at radius 1 is 1.02 bits per heavy atom. The zero-order valence-electron chi connectivity index (χ0n) is 24.7. The second-order valence-electron chi connectivity index (χ2n) is 9.59. The first-order valence-electron chi connectivity index (χ1n) is 13.8. The number of rotatable bonds is 6. The second kappa shape index (κ2) is 13.5. The Hall–Kier alpha value is -6.09. The molecule has 45 heavy (non-hydrogen) atoms. The first-order chi connectivity index (χ1) is 21.6. The van der Waals surface area contributed by atoms with Gasteiger partial charge in [-0.3, -0.25) is 9.36 Å². The van der Waals surface area contributed by atoms with E-state index in [9.17, 15) is 29.4 Å². The summed E-state index contributed by atoms with van der Waals surface area (Å²) in [5.41, 5.74) is 5.38. The van der Waals surface area contributed by atoms with Crippen LogP contribution in [0.5, 0.6) is 23.0 Å². The van der Waals surface area contributed by atoms with Crippen LogP contribution in [0.4, 0.5) is 5.82 Å². The lowest BCUT2D eigenvalue weighted by molar-refractivity contribution is -0.108. The molecule has 0 aliphatic carbocycles. The predicted octanol–water partition coefficient (Wildman–Crippen LogP) is 3.47. The highest BCUT2D eigenvalue weighted by Gasteiger charge is 2.42. The summed E-state index contributed by atoms with van der Waals surface area (Å²) < 4.78 is 12.9. The highest BCUT2D eigenvalue weighted by Crippen LogP contribution is 2.50. The number of benzene rings is 3. The van der Waals surface area contributed by atoms with Crippen LogP contribution in [0.15, 0.2) is 71.7 Å². The van der Waals surface area contributed by atoms with Crippen molar-refractivity contribution in [3.05, 3.63) is 105 Å². The number of ether oxygens (including phenoxy) is 2. The van der Waals surface area contributed by atoms with Crippen LogP contribution >= 0.6 is 0 Å². The van der Waals surface area contributed by atoms with Gasteiger partial charge in [-0.05, 0) is 55.5 Å². The molecule has 1 aromatic heterocycles. The van der Waals surface area contributed by atoms with Crippen LogP contribution in [0.2, 0.25) is 0 Å². The quantitative estimate of drug-likeness (QED) is 0.143. The molecule has 1 aliphatic heterocycles. The third-order valence-corrected chi connectivity index (χ3v) is 6.71. The summed E-state index contributed by atoms with van der Waals surface area (Å²) in [6.07, 6.45) is 1.86. The average Bonchev–Trinajstić information content (AvgIpc) is 3.02. The molecule has 0 saturated carbocycles. The molecule has 5 N–H and O–H groups in total. The van der Waals surface area contributed by atoms with Crippen LogP contribution in [0, 0.1) is 11.8 Å². The van der Waals surface area contributed by atoms with Crippen molar-refractivity contribution in [3.8, 4) is 34.8 Å². The van der Waals surface area contributed by atoms with Crippen molar-refractivity contribution in [1.29, 1.82) is 0 Å². The maximum atomic E-state index is 13.3. The molecule has 0 spiro atoms. The normalized spacial score (nSPS) is 12.0. The Bertz CT molecular complexity index is 1840. The molecule has 0 bridgehead atoms. The van der Waals surface area contributed by atoms with Crippen molar-refractivity contribution in [2.24, 2.45) is 0 Å². The molecule has 0 atom stereocenters. The molecule has 1 amide bonds. The molecule has 5 rings (SSSR count). The van der Waals surface area contributed by atoms with Gasteiger partial charge in [-0.15, -0.1) is 0 Å². The number of fused-ring (bicyclic) bond motifs is 2. The summed E-state index contributed by atoms with van der Waals surface area (Å²) in [5.74, 6) is 4.65. The maximum Gasteiger partial charge on any atom is 0.349 e. The SMILES string of the molecule is CC.CC1(OC(=O)c2ccc(C(=O)NCC#Cc3cn(CC=O)c(=O)nc3N)cc2)c2ccc(O)cc2Oc2cc(O)ccc21. The van der Waals surface area contributed by atoms with Crippen LogP contribution in [-0.4, -0.2) is 44.5 Å². The van der Waals surface area contributed by atoms with Crippen LogP contribution < -0.4 is 21.5 Å². The van der Waals surface area contributed by atoms with Gasteiger partial charge in [0.25, 0.3) is 5.91 Å². The molecular weight excluding hydrogens is 580 g/mol. The molecule has 230 valence electrons. The smallest absolute Gasteiger partial charge is 0.349 e. The number of aromatic nitrogens is 2. The molecule has 12 heteroatoms. The Morgan fingerprint density at radius 2 is 1.60 bits per heavy atom. The van der Waals surface area contributed by atoms with Crippen LogP contribution in [0.25, 0.3) is 0 Å². The van der Waals surface area contributed by atoms with Gasteiger partial charge in [0.1, 0.15) is 35.1 Å². The van der Waals surface area contributed by atoms with Crippen molar-refractivity contribution in [2.75, 3.05) is 12.3 Å². The van der Waals surface area contributed by atoms with E-state index in [1.807, 2.05) is 13.8 Å². The number of hydrogen-bond acceptors (Lipinski definition) is 10. The van der Waals surface area contributed by atoms with E-state index in [2.05, 4.69) is 22.1 Å². The van der Waals surface area contributed by atoms with Gasteiger partial charge < -0.3 is 35.5 Å². The standard InChI is InChI=1S/C31H24N4O8.C2H6/c1-31(23-10-8-21(37)15-25(23)42-26-16-22(38)9-11-24(26)31)43-29(40)19-6-4-18(5-7-19)28(39)33-12-2-3-20-17-35(13-14-36)30(41)34-27(20)32;1-2/h4-11,14-17,37-38H,12-13H2,1H3,(H,33,39)(H2,32,34,41);1-2H3. The third-order valence-electron chi connectivity index (χ3n) is 6.71. The highest BCUT2D eigenvalue weighted by atomic mass is 16.6. The lowest BCUT2D eigenvalue weighted by Gasteiger charge is -2.36. The van der Waals surface area contributed by atoms with E-state index in [1.54, 1.807) is 19.1 Å². The average molecular weight is 611 g/mol. The van der Waals surface area contributed by atoms with Gasteiger partial charge in [-0.25, -0.2) is 9.59 Å². The summed E-state index contributed by atoms with van der Waals surface area (Å²) in [4.78, 5) is 51.9. The molecule has 0 fully saturated rings. The summed E-state index contributed by atoms with van der Waals surface area (Å²) in [6.45, 7) is 5.44. The van der Waals surface area contributed by atoms with Gasteiger partial charge in [-0.2, -0.15) is 4.98 Å². The molecule has 12 nitrogen and oxygen atoms in total. The van der Waals surface area contributed by atoms with Gasteiger partial charge in [-0.1, -0.05) is 25.7 Å². The number of aldehydes is 1. The molecule has 3 aromatic carbocycles. The fraction of sp³-hybridized carbons (Fsp3) is 0.182. The zero-order valence-corrected chi connectivity index (χ0v) is 24.7. The number of carbonyl (C=O) groups is 3. The van der Waals surface area contributed by atoms with Gasteiger partial charge in [0, 0.05) is 35.0 Å². The lowest BCUT2D eigenvalue weighted by atomic mass is 9.84. The molecule has 0 saturated heterocycles. The Morgan fingerprint density at radius 3 is 2.18 bits per heavy atom. The molecular formula is C33H30N4O8. The van der Waals surface area contributed by atoms with E-state index in [1.165, 1.54) is 54.7 Å². The number of nitrogens with one attached hydrogen (secondary N) is 1. The number of amides is 1. The number of nitrogens with two attached hydrogens (primary N) is 1. The number of nitrogens with zero attached hydrogens (tertiary/aromatic N) is 2. The van der Waals surface area contributed by atoms with Crippen LogP contribution in [-0.2, 0) is 21.7 Å². The minimum Gasteiger partial charge on any atom is -0.508 e. The number of carbonyl (C=O) groups excluding carboxylic acids is 3. The van der Waals surface area contributed by atoms with E-state index < -0.39 is 23.2 Å². The van der Waals surface area contributed by atoms with Crippen molar-refractivity contribution in [2.45, 2.75) is 32.9 Å². The topological polar surface area (TPSA) is 183 Å². The van der Waals surface area contributed by atoms with Crippen LogP contribution in [0.3, 0.4) is 0 Å². The number of phenolic OH excluding ortho intramolecular Hbond substituents is 2. The highest BCUT2D eigenvalue weighted by molar-refractivity contribution is 5.96. The Kier molecular flexibility index (Phi) is 9.53. The van der Waals surface area contributed by atoms with Crippen molar-refractivity contribution < 1.29 is 34.1 Å². The lowest BCUT2D eigenvalue weighted by Crippen LogP contribution is -2.33. The molecule has 0 unspecified atom stereocenters. The van der Waals surface area contributed by atoms with E-state index in [4.69, 9.17) is 15.2 Å². The summed E-state index contributed by atoms with van der Waals surface area (Å²) in [7, 11) is 0. The van der Waals surface area contributed by atoms with Crippen molar-refractivity contribution in [1.82, 2.24) is 14.9 Å². The van der Waals surface area contributed by atoms with E-state index >= 15 is 0 Å². The third kappa shape index (κ3) is 6.78. The number of aromatic hydroxyl groups is 2. The monoisotopic (exact) mass is 610 g/mol. The van der Waals surface area contributed by atoms with Gasteiger partial charge >= 0.3 is 11.7 Å². The van der Waals surface area contributed by atoms with Crippen molar-refractivity contribution in [3.63, 3.8) is 0 Å². The Balaban J connectivity index is 0.00000226. The predicted molar refractivity (Wildman–Crippen MR) is 164 cm³/mol. The van der Waals surface area contributed by atoms with E-state index in [-0.39, 0.29) is 58.6 Å². The first kappa shape index (κ1) is 31.8. The number of nitrogen functional groups attached to an aromatic ring is 1. The number of phenols is 2. The minimum atomic E-state index is -1.32. The van der Waals surface area contributed by atoms with Gasteiger partial charge in [0.05, 0.1) is 24.2 Å². The summed E-state index contributed by atoms with van der Waals surface area (Å²) in [5, 5.41) is 22.5. The number of esters is 1. The molecule has 4 aromatic rings. The fourth-order valence-electron chi connectivity index (χ4n) is 4.53. The minimum absolute atomic E-state index is 0.0438. The number of anilines is 1. The zero-order chi connectivity index (χ0) is 32.7. The first-order valence-corrected chi connectivity index (χ1v) is 13.8. The van der Waals surface area contributed by atoms with Gasteiger partial charge in [0.15, 0.2) is 5.60 Å². The van der Waals surface area contributed by atoms with E-state index in [0.29, 0.717) is 17.4 Å². The fourth-order valence-corrected chi connectivity index (χ4v) is 4.53. The van der Waals surface area contributed by atoms with Crippen molar-refractivity contribution >= 4 is 24.0 Å². The summed E-state index contributed by atoms with van der Waals surface area (Å²) >= 11 is 0. The van der Waals surface area contributed by atoms with Gasteiger partial charge in [0.2, 0.25) is 0 Å². The summed E-state index contributed by atoms with van der Waals surface area (Å²) in [6, 6.07) is 14.7. The molecule has 1 aliphatic rings. The Labute approximate surface area is 258 Å². The second-order valence-corrected chi connectivity index (χ2v) is 9.59. The van der Waals surface area contributed by atoms with E-state index in [0.717, 1.165) is 4.57 Å². The number of hydrogen-bond donors (Lipinski definition) is 4. The molecule has 0 radical (unpaired) electrons. The molecule has 2 heterocycles. The van der Waals surface area contributed by atoms with Crippen LogP contribution in [0.1, 0.15) is 58.2 Å². The largest absolute Gasteiger partial charge is 0.508 e. The maximum absolute atomic E-state index is 13.3.